The van der Waals surface area contributed by atoms with E-state index in [1.54, 1.807) is 12.1 Å². The highest BCUT2D eigenvalue weighted by molar-refractivity contribution is 6.33. The van der Waals surface area contributed by atoms with E-state index in [2.05, 4.69) is 29.2 Å². The number of piperidine rings is 1. The number of amidine groups is 1. The topological polar surface area (TPSA) is 58.7 Å². The third-order valence-electron chi connectivity index (χ3n) is 7.22. The number of benzene rings is 2. The number of amides is 1. The zero-order valence-electron chi connectivity index (χ0n) is 19.8. The van der Waals surface area contributed by atoms with Crippen LogP contribution in [0.15, 0.2) is 88.3 Å². The number of halogens is 2. The Morgan fingerprint density at radius 2 is 1.83 bits per heavy atom. The van der Waals surface area contributed by atoms with Crippen molar-refractivity contribution < 1.29 is 13.7 Å². The molecule has 0 aliphatic carbocycles. The summed E-state index contributed by atoms with van der Waals surface area (Å²) in [6.45, 7) is 4.42. The zero-order chi connectivity index (χ0) is 24.6. The van der Waals surface area contributed by atoms with Crippen molar-refractivity contribution in [1.82, 2.24) is 0 Å². The van der Waals surface area contributed by atoms with Gasteiger partial charge in [-0.05, 0) is 55.0 Å². The van der Waals surface area contributed by atoms with E-state index in [0.717, 1.165) is 37.3 Å². The molecule has 35 heavy (non-hydrogen) atoms. The molecule has 5 nitrogen and oxygen atoms in total. The maximum Gasteiger partial charge on any atom is 0.305 e. The average molecular weight is 492 g/mol. The van der Waals surface area contributed by atoms with Crippen LogP contribution in [-0.2, 0) is 11.3 Å². The fourth-order valence-corrected chi connectivity index (χ4v) is 5.55. The van der Waals surface area contributed by atoms with E-state index in [1.165, 1.54) is 11.3 Å². The predicted molar refractivity (Wildman–Crippen MR) is 138 cm³/mol. The number of rotatable bonds is 6. The van der Waals surface area contributed by atoms with E-state index in [4.69, 9.17) is 22.3 Å². The number of nitrogens with zero attached hydrogens (tertiary/aromatic N) is 3. The van der Waals surface area contributed by atoms with Crippen molar-refractivity contribution in [3.8, 4) is 0 Å². The lowest BCUT2D eigenvalue weighted by Crippen LogP contribution is -2.48. The van der Waals surface area contributed by atoms with Crippen molar-refractivity contribution in [2.24, 2.45) is 10.7 Å². The Bertz CT molecular complexity index is 1250. The van der Waals surface area contributed by atoms with Gasteiger partial charge >= 0.3 is 5.91 Å². The number of carbonyl (C=O) groups is 1. The molecule has 3 heterocycles. The smallest absolute Gasteiger partial charge is 0.305 e. The van der Waals surface area contributed by atoms with E-state index in [9.17, 15) is 9.18 Å². The standard InChI is InChI=1S/C28H28ClFN4O/c1-2-25-27(28(31)35)34(16-13-22(29)17-26(34)32-25)18-19-3-9-24(10-4-19)33-14-11-21(12-15-33)20-5-7-23(30)8-6-20/h3-10,13,16-17,21H,2,11-12,14-15,18H2,1H3,(H-,31,35)/p+1. The summed E-state index contributed by atoms with van der Waals surface area (Å²) in [4.78, 5) is 19.6. The van der Waals surface area contributed by atoms with Gasteiger partial charge < -0.3 is 10.6 Å². The molecule has 7 heteroatoms. The van der Waals surface area contributed by atoms with Gasteiger partial charge in [0, 0.05) is 36.5 Å². The Kier molecular flexibility index (Phi) is 6.34. The molecular weight excluding hydrogens is 463 g/mol. The Balaban J connectivity index is 1.32. The van der Waals surface area contributed by atoms with Gasteiger partial charge in [-0.2, -0.15) is 4.99 Å². The number of hydrogen-bond donors (Lipinski definition) is 1. The van der Waals surface area contributed by atoms with Gasteiger partial charge in [0.15, 0.2) is 0 Å². The van der Waals surface area contributed by atoms with Gasteiger partial charge in [-0.3, -0.25) is 4.79 Å². The molecule has 1 atom stereocenters. The average Bonchev–Trinajstić information content (AvgIpc) is 3.18. The molecule has 0 spiro atoms. The molecule has 0 bridgehead atoms. The van der Waals surface area contributed by atoms with Crippen molar-refractivity contribution in [3.05, 3.63) is 100 Å². The minimum atomic E-state index is -0.461. The van der Waals surface area contributed by atoms with Crippen molar-refractivity contribution in [1.29, 1.82) is 0 Å². The van der Waals surface area contributed by atoms with Gasteiger partial charge in [0.05, 0.1) is 5.03 Å². The first-order valence-electron chi connectivity index (χ1n) is 12.1. The molecule has 3 aliphatic rings. The number of carbonyl (C=O) groups excluding carboxylic acids is 1. The number of anilines is 1. The predicted octanol–water partition coefficient (Wildman–Crippen LogP) is 5.70. The van der Waals surface area contributed by atoms with Crippen molar-refractivity contribution in [2.45, 2.75) is 38.6 Å². The highest BCUT2D eigenvalue weighted by atomic mass is 35.5. The van der Waals surface area contributed by atoms with Crippen LogP contribution in [0.2, 0.25) is 0 Å². The molecular formula is C28H29ClFN4O+. The number of aliphatic imine (C=N–C) groups is 1. The van der Waals surface area contributed by atoms with Crippen LogP contribution in [-0.4, -0.2) is 29.3 Å². The highest BCUT2D eigenvalue weighted by Crippen LogP contribution is 2.38. The maximum absolute atomic E-state index is 13.3. The molecule has 2 aromatic carbocycles. The monoisotopic (exact) mass is 491 g/mol. The summed E-state index contributed by atoms with van der Waals surface area (Å²) in [6.07, 6.45) is 8.23. The molecule has 0 saturated carbocycles. The lowest BCUT2D eigenvalue weighted by molar-refractivity contribution is -0.754. The Morgan fingerprint density at radius 1 is 1.14 bits per heavy atom. The second-order valence-corrected chi connectivity index (χ2v) is 9.77. The van der Waals surface area contributed by atoms with Gasteiger partial charge in [0.25, 0.3) is 0 Å². The third kappa shape index (κ3) is 4.44. The normalized spacial score (nSPS) is 22.2. The summed E-state index contributed by atoms with van der Waals surface area (Å²) in [5.74, 6) is 0.535. The largest absolute Gasteiger partial charge is 0.371 e. The molecule has 1 fully saturated rings. The van der Waals surface area contributed by atoms with E-state index < -0.39 is 5.91 Å². The Labute approximate surface area is 210 Å². The second kappa shape index (κ2) is 9.44. The van der Waals surface area contributed by atoms with Gasteiger partial charge in [0.1, 0.15) is 24.3 Å². The molecule has 180 valence electrons. The van der Waals surface area contributed by atoms with Gasteiger partial charge in [-0.1, -0.05) is 42.8 Å². The number of allylic oxidation sites excluding steroid dienone is 3. The molecule has 1 saturated heterocycles. The summed E-state index contributed by atoms with van der Waals surface area (Å²) in [5, 5.41) is 0.582. The summed E-state index contributed by atoms with van der Waals surface area (Å²) in [5.41, 5.74) is 10.5. The third-order valence-corrected chi connectivity index (χ3v) is 7.46. The number of primary amides is 1. The van der Waals surface area contributed by atoms with Gasteiger partial charge in [-0.15, -0.1) is 0 Å². The minimum absolute atomic E-state index is 0.164. The molecule has 2 N–H and O–H groups in total. The van der Waals surface area contributed by atoms with E-state index in [0.29, 0.717) is 35.3 Å². The summed E-state index contributed by atoms with van der Waals surface area (Å²) < 4.78 is 13.4. The van der Waals surface area contributed by atoms with Crippen LogP contribution in [0.1, 0.15) is 43.2 Å². The molecule has 5 rings (SSSR count). The first kappa shape index (κ1) is 23.5. The molecule has 1 amide bonds. The minimum Gasteiger partial charge on any atom is -0.371 e. The number of hydrogen-bond acceptors (Lipinski definition) is 3. The first-order valence-corrected chi connectivity index (χ1v) is 12.4. The quantitative estimate of drug-likeness (QED) is 0.527. The highest BCUT2D eigenvalue weighted by Gasteiger charge is 2.47. The number of nitrogens with two attached hydrogens (primary N) is 1. The van der Waals surface area contributed by atoms with Crippen LogP contribution < -0.4 is 10.6 Å². The lowest BCUT2D eigenvalue weighted by atomic mass is 9.89. The van der Waals surface area contributed by atoms with Crippen molar-refractivity contribution in [2.75, 3.05) is 18.0 Å². The SMILES string of the molecule is CCC1=C(C(N)=O)[N+]2(Cc3ccc(N4CCC(c5ccc(F)cc5)CC4)cc3)C=CC(Cl)=CC2=N1. The molecule has 1 unspecified atom stereocenters. The fraction of sp³-hybridized carbons (Fsp3) is 0.286. The fourth-order valence-electron chi connectivity index (χ4n) is 5.40. The van der Waals surface area contributed by atoms with E-state index in [1.807, 2.05) is 37.4 Å². The first-order chi connectivity index (χ1) is 16.9. The Morgan fingerprint density at radius 3 is 2.46 bits per heavy atom. The van der Waals surface area contributed by atoms with Crippen LogP contribution >= 0.6 is 11.6 Å². The summed E-state index contributed by atoms with van der Waals surface area (Å²) in [6, 6.07) is 15.4. The number of fused-ring (bicyclic) bond motifs is 1. The number of quaternary nitrogens is 1. The van der Waals surface area contributed by atoms with Crippen molar-refractivity contribution >= 4 is 29.0 Å². The molecule has 2 aromatic rings. The van der Waals surface area contributed by atoms with Crippen LogP contribution in [0, 0.1) is 5.82 Å². The maximum atomic E-state index is 13.3. The zero-order valence-corrected chi connectivity index (χ0v) is 20.5. The van der Waals surface area contributed by atoms with Crippen LogP contribution in [0.5, 0.6) is 0 Å². The second-order valence-electron chi connectivity index (χ2n) is 9.33. The van der Waals surface area contributed by atoms with E-state index >= 15 is 0 Å². The summed E-state index contributed by atoms with van der Waals surface area (Å²) >= 11 is 6.26. The van der Waals surface area contributed by atoms with Crippen LogP contribution in [0.3, 0.4) is 0 Å². The van der Waals surface area contributed by atoms with Crippen molar-refractivity contribution in [3.63, 3.8) is 0 Å². The Hall–Kier alpha value is -3.22. The molecule has 3 aliphatic heterocycles. The molecule has 0 radical (unpaired) electrons. The summed E-state index contributed by atoms with van der Waals surface area (Å²) in [7, 11) is 0. The van der Waals surface area contributed by atoms with Crippen LogP contribution in [0.25, 0.3) is 0 Å². The molecule has 0 aromatic heterocycles. The van der Waals surface area contributed by atoms with Gasteiger partial charge in [-0.25, -0.2) is 8.87 Å². The van der Waals surface area contributed by atoms with Crippen LogP contribution in [0.4, 0.5) is 10.1 Å². The van der Waals surface area contributed by atoms with E-state index in [-0.39, 0.29) is 10.3 Å². The van der Waals surface area contributed by atoms with Gasteiger partial charge in [0.2, 0.25) is 11.5 Å². The lowest BCUT2D eigenvalue weighted by Gasteiger charge is -2.34.